The summed E-state index contributed by atoms with van der Waals surface area (Å²) < 4.78 is 0. The lowest BCUT2D eigenvalue weighted by molar-refractivity contribution is 0.390. The van der Waals surface area contributed by atoms with Gasteiger partial charge in [-0.1, -0.05) is 27.7 Å². The molecule has 0 aliphatic rings. The van der Waals surface area contributed by atoms with Crippen molar-refractivity contribution in [1.82, 2.24) is 0 Å². The van der Waals surface area contributed by atoms with Crippen LogP contribution in [0.2, 0.25) is 0 Å². The number of hydrogen-bond donors (Lipinski definition) is 3. The zero-order chi connectivity index (χ0) is 14.0. The molecule has 4 heteroatoms. The molecule has 0 saturated heterocycles. The molecule has 18 heavy (non-hydrogen) atoms. The summed E-state index contributed by atoms with van der Waals surface area (Å²) in [5, 5.41) is 20.1. The smallest absolute Gasteiger partial charge is 0.186 e. The fourth-order valence-electron chi connectivity index (χ4n) is 2.16. The Balaban J connectivity index is 3.65. The summed E-state index contributed by atoms with van der Waals surface area (Å²) in [7, 11) is 0. The van der Waals surface area contributed by atoms with Crippen molar-refractivity contribution in [2.45, 2.75) is 40.0 Å². The van der Waals surface area contributed by atoms with Gasteiger partial charge in [0, 0.05) is 5.56 Å². The summed E-state index contributed by atoms with van der Waals surface area (Å²) in [4.78, 5) is 3.70. The molecule has 0 aliphatic carbocycles. The second-order valence-corrected chi connectivity index (χ2v) is 4.90. The van der Waals surface area contributed by atoms with Crippen molar-refractivity contribution in [2.75, 3.05) is 5.73 Å². The molecule has 1 rings (SSSR count). The molecule has 0 fully saturated rings. The molecule has 4 nitrogen and oxygen atoms in total. The van der Waals surface area contributed by atoms with Gasteiger partial charge in [0.25, 0.3) is 0 Å². The minimum atomic E-state index is -0.276. The van der Waals surface area contributed by atoms with Gasteiger partial charge in [0.2, 0.25) is 0 Å². The van der Waals surface area contributed by atoms with E-state index in [-0.39, 0.29) is 23.1 Å². The summed E-state index contributed by atoms with van der Waals surface area (Å²) >= 11 is 0. The summed E-state index contributed by atoms with van der Waals surface area (Å²) in [5.74, 6) is 0.0430. The maximum Gasteiger partial charge on any atom is 0.186 e. The van der Waals surface area contributed by atoms with Crippen LogP contribution in [0, 0.1) is 5.92 Å². The highest BCUT2D eigenvalue weighted by Gasteiger charge is 2.25. The lowest BCUT2D eigenvalue weighted by Crippen LogP contribution is -2.08. The lowest BCUT2D eigenvalue weighted by atomic mass is 9.84. The van der Waals surface area contributed by atoms with Gasteiger partial charge < -0.3 is 15.9 Å². The highest BCUT2D eigenvalue weighted by Crippen LogP contribution is 2.49. The number of rotatable bonds is 4. The van der Waals surface area contributed by atoms with Gasteiger partial charge >= 0.3 is 0 Å². The SMILES string of the molecule is C=Nc1c(N)c(CC)c(C(C)C(C)C)c(O)c1O. The number of nitrogens with zero attached hydrogens (tertiary/aromatic N) is 1. The van der Waals surface area contributed by atoms with Gasteiger partial charge in [-0.2, -0.15) is 0 Å². The van der Waals surface area contributed by atoms with E-state index in [1.165, 1.54) is 0 Å². The molecule has 0 aliphatic heterocycles. The van der Waals surface area contributed by atoms with E-state index in [0.717, 1.165) is 11.1 Å². The van der Waals surface area contributed by atoms with E-state index in [4.69, 9.17) is 5.73 Å². The molecule has 0 aromatic heterocycles. The second kappa shape index (κ2) is 5.29. The third-order valence-electron chi connectivity index (χ3n) is 3.58. The number of hydrogen-bond acceptors (Lipinski definition) is 4. The first kappa shape index (κ1) is 14.4. The van der Waals surface area contributed by atoms with E-state index in [9.17, 15) is 10.2 Å². The third kappa shape index (κ3) is 2.15. The van der Waals surface area contributed by atoms with Gasteiger partial charge in [-0.05, 0) is 30.5 Å². The van der Waals surface area contributed by atoms with E-state index in [1.807, 2.05) is 13.8 Å². The number of nitrogens with two attached hydrogens (primary N) is 1. The molecule has 1 unspecified atom stereocenters. The predicted molar refractivity (Wildman–Crippen MR) is 76.0 cm³/mol. The summed E-state index contributed by atoms with van der Waals surface area (Å²) in [6.45, 7) is 11.5. The van der Waals surface area contributed by atoms with Crippen molar-refractivity contribution in [3.05, 3.63) is 11.1 Å². The monoisotopic (exact) mass is 250 g/mol. The molecule has 0 spiro atoms. The Morgan fingerprint density at radius 3 is 2.17 bits per heavy atom. The highest BCUT2D eigenvalue weighted by atomic mass is 16.3. The minimum Gasteiger partial charge on any atom is -0.504 e. The molecule has 4 N–H and O–H groups in total. The minimum absolute atomic E-state index is 0.104. The van der Waals surface area contributed by atoms with E-state index >= 15 is 0 Å². The molecule has 0 radical (unpaired) electrons. The zero-order valence-electron chi connectivity index (χ0n) is 11.5. The van der Waals surface area contributed by atoms with Gasteiger partial charge in [0.1, 0.15) is 5.69 Å². The molecule has 1 atom stereocenters. The highest BCUT2D eigenvalue weighted by molar-refractivity contribution is 5.81. The number of nitrogen functional groups attached to an aromatic ring is 1. The first-order valence-electron chi connectivity index (χ1n) is 6.19. The summed E-state index contributed by atoms with van der Waals surface area (Å²) in [6.07, 6.45) is 0.675. The van der Waals surface area contributed by atoms with E-state index in [0.29, 0.717) is 18.0 Å². The van der Waals surface area contributed by atoms with Crippen LogP contribution in [0.4, 0.5) is 11.4 Å². The predicted octanol–water partition coefficient (Wildman–Crippen LogP) is 3.33. The van der Waals surface area contributed by atoms with Crippen LogP contribution < -0.4 is 5.73 Å². The number of anilines is 1. The largest absolute Gasteiger partial charge is 0.504 e. The Labute approximate surface area is 108 Å². The Morgan fingerprint density at radius 2 is 1.78 bits per heavy atom. The van der Waals surface area contributed by atoms with Crippen LogP contribution in [0.25, 0.3) is 0 Å². The Bertz CT molecular complexity index is 468. The normalized spacial score (nSPS) is 12.7. The van der Waals surface area contributed by atoms with Crippen LogP contribution in [-0.4, -0.2) is 16.9 Å². The average Bonchev–Trinajstić information content (AvgIpc) is 2.33. The van der Waals surface area contributed by atoms with Crippen molar-refractivity contribution in [3.8, 4) is 11.5 Å². The van der Waals surface area contributed by atoms with Crippen LogP contribution >= 0.6 is 0 Å². The van der Waals surface area contributed by atoms with Gasteiger partial charge in [-0.15, -0.1) is 0 Å². The molecular formula is C14H22N2O2. The Morgan fingerprint density at radius 1 is 1.22 bits per heavy atom. The number of phenolic OH excluding ortho intramolecular Hbond substituents is 2. The number of phenols is 2. The first-order valence-corrected chi connectivity index (χ1v) is 6.19. The standard InChI is InChI=1S/C14H22N2O2/c1-6-9-10(8(4)7(2)3)13(17)14(18)12(16-5)11(9)15/h7-8,17-18H,5-6,15H2,1-4H3. The van der Waals surface area contributed by atoms with Crippen LogP contribution in [0.1, 0.15) is 44.7 Å². The van der Waals surface area contributed by atoms with Gasteiger partial charge in [0.05, 0.1) is 5.69 Å². The van der Waals surface area contributed by atoms with Crippen molar-refractivity contribution in [3.63, 3.8) is 0 Å². The molecule has 0 bridgehead atoms. The quantitative estimate of drug-likeness (QED) is 0.332. The number of benzene rings is 1. The molecule has 0 heterocycles. The molecule has 0 amide bonds. The maximum atomic E-state index is 10.2. The Hall–Kier alpha value is -1.71. The third-order valence-corrected chi connectivity index (χ3v) is 3.58. The van der Waals surface area contributed by atoms with Crippen LogP contribution in [0.15, 0.2) is 4.99 Å². The molecule has 100 valence electrons. The van der Waals surface area contributed by atoms with Crippen LogP contribution in [-0.2, 0) is 6.42 Å². The molecule has 0 saturated carbocycles. The Kier molecular flexibility index (Phi) is 4.22. The fraction of sp³-hybridized carbons (Fsp3) is 0.500. The van der Waals surface area contributed by atoms with Crippen LogP contribution in [0.5, 0.6) is 11.5 Å². The zero-order valence-corrected chi connectivity index (χ0v) is 11.5. The maximum absolute atomic E-state index is 10.2. The molecule has 1 aromatic rings. The van der Waals surface area contributed by atoms with Gasteiger partial charge in [0.15, 0.2) is 11.5 Å². The second-order valence-electron chi connectivity index (χ2n) is 4.90. The fourth-order valence-corrected chi connectivity index (χ4v) is 2.16. The lowest BCUT2D eigenvalue weighted by Gasteiger charge is -2.23. The van der Waals surface area contributed by atoms with Gasteiger partial charge in [-0.25, -0.2) is 0 Å². The first-order chi connectivity index (χ1) is 8.36. The van der Waals surface area contributed by atoms with Crippen molar-refractivity contribution in [1.29, 1.82) is 0 Å². The van der Waals surface area contributed by atoms with Gasteiger partial charge in [-0.3, -0.25) is 4.99 Å². The number of aliphatic imine (C=N–C) groups is 1. The van der Waals surface area contributed by atoms with Crippen LogP contribution in [0.3, 0.4) is 0 Å². The van der Waals surface area contributed by atoms with E-state index < -0.39 is 0 Å². The van der Waals surface area contributed by atoms with Crippen molar-refractivity contribution < 1.29 is 10.2 Å². The number of aromatic hydroxyl groups is 2. The topological polar surface area (TPSA) is 78.8 Å². The molecular weight excluding hydrogens is 228 g/mol. The summed E-state index contributed by atoms with van der Waals surface area (Å²) in [6, 6.07) is 0. The van der Waals surface area contributed by atoms with E-state index in [1.54, 1.807) is 0 Å². The molecule has 1 aromatic carbocycles. The summed E-state index contributed by atoms with van der Waals surface area (Å²) in [5.41, 5.74) is 8.15. The van der Waals surface area contributed by atoms with Crippen molar-refractivity contribution in [2.24, 2.45) is 10.9 Å². The average molecular weight is 250 g/mol. The van der Waals surface area contributed by atoms with E-state index in [2.05, 4.69) is 25.6 Å². The van der Waals surface area contributed by atoms with Crippen molar-refractivity contribution >= 4 is 18.1 Å².